The molecule has 1 aromatic heterocycles. The van der Waals surface area contributed by atoms with Gasteiger partial charge in [-0.05, 0) is 57.8 Å². The Morgan fingerprint density at radius 2 is 2.08 bits per heavy atom. The van der Waals surface area contributed by atoms with E-state index >= 15 is 0 Å². The summed E-state index contributed by atoms with van der Waals surface area (Å²) in [5.74, 6) is 0.982. The number of hydrogen-bond acceptors (Lipinski definition) is 3. The lowest BCUT2D eigenvalue weighted by Crippen LogP contribution is -2.36. The first-order chi connectivity index (χ1) is 11.4. The van der Waals surface area contributed by atoms with Crippen LogP contribution in [0.3, 0.4) is 0 Å². The summed E-state index contributed by atoms with van der Waals surface area (Å²) in [7, 11) is 2.14. The van der Waals surface area contributed by atoms with Crippen molar-refractivity contribution in [1.29, 1.82) is 0 Å². The maximum atomic E-state index is 12.1. The Hall–Kier alpha value is -1.33. The van der Waals surface area contributed by atoms with Crippen LogP contribution in [-0.2, 0) is 11.3 Å². The molecule has 134 valence electrons. The Morgan fingerprint density at radius 1 is 1.42 bits per heavy atom. The number of halogens is 1. The molecule has 0 bridgehead atoms. The smallest absolute Gasteiger partial charge is 0.244 e. The topological polar surface area (TPSA) is 50.2 Å². The highest BCUT2D eigenvalue weighted by molar-refractivity contribution is 6.31. The van der Waals surface area contributed by atoms with E-state index in [9.17, 15) is 4.79 Å². The fourth-order valence-electron chi connectivity index (χ4n) is 2.95. The molecule has 5 nitrogen and oxygen atoms in total. The van der Waals surface area contributed by atoms with Gasteiger partial charge in [0.15, 0.2) is 0 Å². The number of aromatic nitrogens is 2. The zero-order valence-corrected chi connectivity index (χ0v) is 15.9. The van der Waals surface area contributed by atoms with Crippen LogP contribution in [0, 0.1) is 18.8 Å². The number of piperidine rings is 1. The number of rotatable bonds is 6. The van der Waals surface area contributed by atoms with Gasteiger partial charge >= 0.3 is 0 Å². The molecule has 0 unspecified atom stereocenters. The Bertz CT molecular complexity index is 586. The number of nitrogens with zero attached hydrogens (tertiary/aromatic N) is 3. The summed E-state index contributed by atoms with van der Waals surface area (Å²) in [4.78, 5) is 14.4. The number of nitrogens with one attached hydrogen (secondary N) is 1. The number of aryl methyl sites for hydroxylation is 1. The van der Waals surface area contributed by atoms with Crippen LogP contribution in [0.4, 0.5) is 0 Å². The molecule has 0 aromatic carbocycles. The molecule has 1 saturated heterocycles. The molecular formula is C18H29ClN4O. The van der Waals surface area contributed by atoms with E-state index in [-0.39, 0.29) is 5.91 Å². The van der Waals surface area contributed by atoms with Gasteiger partial charge in [0.25, 0.3) is 0 Å². The van der Waals surface area contributed by atoms with Crippen molar-refractivity contribution in [3.63, 3.8) is 0 Å². The lowest BCUT2D eigenvalue weighted by Gasteiger charge is -2.28. The van der Waals surface area contributed by atoms with Gasteiger partial charge in [-0.1, -0.05) is 25.4 Å². The monoisotopic (exact) mass is 352 g/mol. The molecule has 1 N–H and O–H groups in total. The van der Waals surface area contributed by atoms with Crippen LogP contribution < -0.4 is 5.32 Å². The Balaban J connectivity index is 1.88. The number of carbonyl (C=O) groups excluding carboxylic acids is 1. The largest absolute Gasteiger partial charge is 0.352 e. The average molecular weight is 353 g/mol. The lowest BCUT2D eigenvalue weighted by molar-refractivity contribution is -0.116. The van der Waals surface area contributed by atoms with Crippen molar-refractivity contribution in [3.05, 3.63) is 22.5 Å². The fourth-order valence-corrected chi connectivity index (χ4v) is 3.26. The quantitative estimate of drug-likeness (QED) is 0.801. The molecule has 1 aliphatic heterocycles. The minimum atomic E-state index is -0.0685. The molecule has 2 rings (SSSR count). The second kappa shape index (κ2) is 8.67. The van der Waals surface area contributed by atoms with Gasteiger partial charge < -0.3 is 10.2 Å². The zero-order chi connectivity index (χ0) is 17.7. The summed E-state index contributed by atoms with van der Waals surface area (Å²) >= 11 is 6.38. The predicted molar refractivity (Wildman–Crippen MR) is 99.1 cm³/mol. The summed E-state index contributed by atoms with van der Waals surface area (Å²) in [5.41, 5.74) is 1.67. The van der Waals surface area contributed by atoms with E-state index in [2.05, 4.69) is 36.2 Å². The third-order valence-electron chi connectivity index (χ3n) is 4.45. The predicted octanol–water partition coefficient (Wildman–Crippen LogP) is 2.97. The van der Waals surface area contributed by atoms with Gasteiger partial charge in [-0.2, -0.15) is 5.10 Å². The van der Waals surface area contributed by atoms with Crippen LogP contribution in [0.1, 0.15) is 37.9 Å². The fraction of sp³-hybridized carbons (Fsp3) is 0.667. The van der Waals surface area contributed by atoms with Gasteiger partial charge in [0.05, 0.1) is 5.69 Å². The average Bonchev–Trinajstić information content (AvgIpc) is 2.78. The van der Waals surface area contributed by atoms with Crippen molar-refractivity contribution < 1.29 is 4.79 Å². The summed E-state index contributed by atoms with van der Waals surface area (Å²) in [5, 5.41) is 8.05. The molecule has 1 aliphatic rings. The molecule has 2 heterocycles. The molecule has 6 heteroatoms. The highest BCUT2D eigenvalue weighted by Gasteiger charge is 2.17. The number of amides is 1. The molecule has 24 heavy (non-hydrogen) atoms. The number of carbonyl (C=O) groups is 1. The van der Waals surface area contributed by atoms with Crippen molar-refractivity contribution in [2.45, 2.75) is 40.2 Å². The molecule has 1 fully saturated rings. The highest BCUT2D eigenvalue weighted by atomic mass is 35.5. The minimum absolute atomic E-state index is 0.0685. The first-order valence-corrected chi connectivity index (χ1v) is 9.12. The third-order valence-corrected chi connectivity index (χ3v) is 4.85. The first kappa shape index (κ1) is 19.0. The molecule has 0 radical (unpaired) electrons. The lowest BCUT2D eigenvalue weighted by atomic mass is 9.97. The van der Waals surface area contributed by atoms with Gasteiger partial charge in [-0.25, -0.2) is 0 Å². The standard InChI is InChI=1S/C18H29ClN4O/c1-13(2)12-23-18(19)16(14(3)21-23)5-6-17(24)20-11-15-7-9-22(4)10-8-15/h5-6,13,15H,7-12H2,1-4H3,(H,20,24)/b6-5+. The van der Waals surface area contributed by atoms with E-state index in [4.69, 9.17) is 11.6 Å². The van der Waals surface area contributed by atoms with Crippen molar-refractivity contribution in [1.82, 2.24) is 20.0 Å². The van der Waals surface area contributed by atoms with E-state index in [0.29, 0.717) is 17.0 Å². The first-order valence-electron chi connectivity index (χ1n) is 8.74. The Morgan fingerprint density at radius 3 is 2.71 bits per heavy atom. The van der Waals surface area contributed by atoms with Crippen molar-refractivity contribution >= 4 is 23.6 Å². The van der Waals surface area contributed by atoms with E-state index in [1.807, 2.05) is 6.92 Å². The third kappa shape index (κ3) is 5.35. The summed E-state index contributed by atoms with van der Waals surface area (Å²) in [6.07, 6.45) is 5.62. The molecule has 0 atom stereocenters. The second-order valence-corrected chi connectivity index (χ2v) is 7.55. The molecule has 1 amide bonds. The van der Waals surface area contributed by atoms with Gasteiger partial charge in [-0.3, -0.25) is 9.48 Å². The Kier molecular flexibility index (Phi) is 6.87. The van der Waals surface area contributed by atoms with Crippen molar-refractivity contribution in [3.8, 4) is 0 Å². The maximum Gasteiger partial charge on any atom is 0.244 e. The van der Waals surface area contributed by atoms with Crippen LogP contribution in [0.5, 0.6) is 0 Å². The van der Waals surface area contributed by atoms with Gasteiger partial charge in [0, 0.05) is 24.7 Å². The molecular weight excluding hydrogens is 324 g/mol. The summed E-state index contributed by atoms with van der Waals surface area (Å²) < 4.78 is 1.80. The molecule has 0 saturated carbocycles. The van der Waals surface area contributed by atoms with Crippen LogP contribution in [-0.4, -0.2) is 47.3 Å². The normalized spacial score (nSPS) is 17.1. The van der Waals surface area contributed by atoms with E-state index in [0.717, 1.165) is 50.3 Å². The SMILES string of the molecule is Cc1nn(CC(C)C)c(Cl)c1/C=C/C(=O)NCC1CCN(C)CC1. The molecule has 1 aromatic rings. The minimum Gasteiger partial charge on any atom is -0.352 e. The Labute approximate surface area is 150 Å². The van der Waals surface area contributed by atoms with E-state index in [1.54, 1.807) is 16.8 Å². The van der Waals surface area contributed by atoms with Crippen molar-refractivity contribution in [2.24, 2.45) is 11.8 Å². The summed E-state index contributed by atoms with van der Waals surface area (Å²) in [6, 6.07) is 0. The second-order valence-electron chi connectivity index (χ2n) is 7.19. The number of hydrogen-bond donors (Lipinski definition) is 1. The molecule has 0 aliphatic carbocycles. The van der Waals surface area contributed by atoms with Crippen molar-refractivity contribution in [2.75, 3.05) is 26.7 Å². The van der Waals surface area contributed by atoms with Crippen LogP contribution in [0.15, 0.2) is 6.08 Å². The van der Waals surface area contributed by atoms with Crippen LogP contribution in [0.2, 0.25) is 5.15 Å². The van der Waals surface area contributed by atoms with E-state index < -0.39 is 0 Å². The van der Waals surface area contributed by atoms with Gasteiger partial charge in [0.2, 0.25) is 5.91 Å². The van der Waals surface area contributed by atoms with Gasteiger partial charge in [0.1, 0.15) is 5.15 Å². The van der Waals surface area contributed by atoms with E-state index in [1.165, 1.54) is 0 Å². The zero-order valence-electron chi connectivity index (χ0n) is 15.2. The number of likely N-dealkylation sites (tertiary alicyclic amines) is 1. The maximum absolute atomic E-state index is 12.1. The highest BCUT2D eigenvalue weighted by Crippen LogP contribution is 2.22. The van der Waals surface area contributed by atoms with Crippen LogP contribution in [0.25, 0.3) is 6.08 Å². The summed E-state index contributed by atoms with van der Waals surface area (Å²) in [6.45, 7) is 9.91. The van der Waals surface area contributed by atoms with Crippen LogP contribution >= 0.6 is 11.6 Å². The van der Waals surface area contributed by atoms with Gasteiger partial charge in [-0.15, -0.1) is 0 Å². The molecule has 0 spiro atoms.